The summed E-state index contributed by atoms with van der Waals surface area (Å²) in [6.07, 6.45) is 4.15. The lowest BCUT2D eigenvalue weighted by Gasteiger charge is -2.35. The summed E-state index contributed by atoms with van der Waals surface area (Å²) in [4.78, 5) is 31.2. The molecule has 6 nitrogen and oxygen atoms in total. The summed E-state index contributed by atoms with van der Waals surface area (Å²) in [6.45, 7) is 6.65. The lowest BCUT2D eigenvalue weighted by Crippen LogP contribution is -2.53. The first kappa shape index (κ1) is 19.4. The van der Waals surface area contributed by atoms with E-state index in [4.69, 9.17) is 0 Å². The number of nitrogens with one attached hydrogen (secondary N) is 1. The average molecular weight is 385 g/mol. The number of likely N-dealkylation sites (tertiary alicyclic amines) is 1. The maximum absolute atomic E-state index is 12.4. The Morgan fingerprint density at radius 1 is 0.857 bits per heavy atom. The van der Waals surface area contributed by atoms with E-state index in [-0.39, 0.29) is 11.9 Å². The van der Waals surface area contributed by atoms with E-state index in [2.05, 4.69) is 45.4 Å². The fourth-order valence-electron chi connectivity index (χ4n) is 4.27. The third-order valence-corrected chi connectivity index (χ3v) is 6.18. The zero-order chi connectivity index (χ0) is 19.3. The zero-order valence-corrected chi connectivity index (χ0v) is 16.7. The molecule has 2 aliphatic heterocycles. The van der Waals surface area contributed by atoms with Crippen molar-refractivity contribution in [1.82, 2.24) is 20.0 Å². The van der Waals surface area contributed by atoms with Crippen LogP contribution in [0.15, 0.2) is 30.3 Å². The van der Waals surface area contributed by atoms with Crippen LogP contribution < -0.4 is 5.32 Å². The molecular weight excluding hydrogens is 352 g/mol. The first-order valence-corrected chi connectivity index (χ1v) is 10.7. The Bertz CT molecular complexity index is 660. The van der Waals surface area contributed by atoms with Crippen molar-refractivity contribution < 1.29 is 9.59 Å². The number of carbonyl (C=O) groups is 2. The zero-order valence-electron chi connectivity index (χ0n) is 16.7. The van der Waals surface area contributed by atoms with E-state index in [0.29, 0.717) is 18.4 Å². The van der Waals surface area contributed by atoms with E-state index in [9.17, 15) is 9.59 Å². The average Bonchev–Trinajstić information content (AvgIpc) is 3.56. The number of amides is 2. The molecule has 0 atom stereocenters. The van der Waals surface area contributed by atoms with Crippen molar-refractivity contribution in [3.63, 3.8) is 0 Å². The molecule has 3 aliphatic rings. The van der Waals surface area contributed by atoms with Gasteiger partial charge in [0.25, 0.3) is 0 Å². The van der Waals surface area contributed by atoms with E-state index in [1.807, 2.05) is 4.90 Å². The number of piperazine rings is 1. The van der Waals surface area contributed by atoms with Gasteiger partial charge < -0.3 is 10.2 Å². The first-order chi connectivity index (χ1) is 13.7. The number of hydrogen-bond donors (Lipinski definition) is 1. The van der Waals surface area contributed by atoms with Gasteiger partial charge in [0.2, 0.25) is 11.8 Å². The number of benzene rings is 1. The van der Waals surface area contributed by atoms with Crippen molar-refractivity contribution >= 4 is 11.8 Å². The van der Waals surface area contributed by atoms with Crippen LogP contribution in [0.3, 0.4) is 0 Å². The van der Waals surface area contributed by atoms with E-state index >= 15 is 0 Å². The molecule has 1 N–H and O–H groups in total. The highest BCUT2D eigenvalue weighted by Crippen LogP contribution is 2.31. The second kappa shape index (κ2) is 9.05. The fraction of sp³-hybridized carbons (Fsp3) is 0.636. The number of carbonyl (C=O) groups excluding carboxylic acids is 2. The van der Waals surface area contributed by atoms with Crippen molar-refractivity contribution in [3.8, 4) is 0 Å². The number of hydrogen-bond acceptors (Lipinski definition) is 4. The Morgan fingerprint density at radius 3 is 2.18 bits per heavy atom. The van der Waals surface area contributed by atoms with Crippen LogP contribution in [0.1, 0.15) is 31.2 Å². The predicted molar refractivity (Wildman–Crippen MR) is 109 cm³/mol. The van der Waals surface area contributed by atoms with Crippen LogP contribution in [0.25, 0.3) is 0 Å². The monoisotopic (exact) mass is 384 g/mol. The Labute approximate surface area is 167 Å². The van der Waals surface area contributed by atoms with Gasteiger partial charge in [0.15, 0.2) is 0 Å². The minimum absolute atomic E-state index is 0.128. The predicted octanol–water partition coefficient (Wildman–Crippen LogP) is 1.32. The summed E-state index contributed by atoms with van der Waals surface area (Å²) in [5, 5.41) is 3.22. The molecule has 0 spiro atoms. The topological polar surface area (TPSA) is 55.9 Å². The molecule has 0 radical (unpaired) electrons. The fourth-order valence-corrected chi connectivity index (χ4v) is 4.27. The van der Waals surface area contributed by atoms with Gasteiger partial charge in [-0.1, -0.05) is 30.3 Å². The molecule has 0 bridgehead atoms. The second-order valence-corrected chi connectivity index (χ2v) is 8.48. The molecule has 3 fully saturated rings. The quantitative estimate of drug-likeness (QED) is 0.804. The van der Waals surface area contributed by atoms with E-state index in [0.717, 1.165) is 71.5 Å². The van der Waals surface area contributed by atoms with Crippen LogP contribution in [0.5, 0.6) is 0 Å². The van der Waals surface area contributed by atoms with Gasteiger partial charge in [-0.25, -0.2) is 0 Å². The molecular formula is C22H32N4O2. The number of piperidine rings is 1. The molecule has 6 heteroatoms. The van der Waals surface area contributed by atoms with E-state index in [1.54, 1.807) is 0 Å². The van der Waals surface area contributed by atoms with Crippen LogP contribution in [0.2, 0.25) is 0 Å². The normalized spacial score (nSPS) is 22.2. The molecule has 152 valence electrons. The van der Waals surface area contributed by atoms with Crippen LogP contribution in [0.4, 0.5) is 0 Å². The van der Waals surface area contributed by atoms with Gasteiger partial charge in [-0.15, -0.1) is 0 Å². The Hall–Kier alpha value is -1.92. The summed E-state index contributed by atoms with van der Waals surface area (Å²) in [5.41, 5.74) is 1.35. The first-order valence-electron chi connectivity index (χ1n) is 10.7. The van der Waals surface area contributed by atoms with Crippen molar-refractivity contribution in [2.45, 2.75) is 38.3 Å². The lowest BCUT2D eigenvalue weighted by molar-refractivity contribution is -0.134. The van der Waals surface area contributed by atoms with Crippen LogP contribution in [-0.4, -0.2) is 78.4 Å². The molecule has 2 saturated heterocycles. The Kier molecular flexibility index (Phi) is 6.27. The maximum Gasteiger partial charge on any atom is 0.234 e. The van der Waals surface area contributed by atoms with Crippen LogP contribution in [0, 0.1) is 5.92 Å². The smallest absolute Gasteiger partial charge is 0.234 e. The molecule has 1 aromatic rings. The van der Waals surface area contributed by atoms with Crippen LogP contribution in [-0.2, 0) is 16.1 Å². The molecule has 1 saturated carbocycles. The van der Waals surface area contributed by atoms with Gasteiger partial charge in [0.1, 0.15) is 0 Å². The molecule has 0 aromatic heterocycles. The highest BCUT2D eigenvalue weighted by Gasteiger charge is 2.34. The third-order valence-electron chi connectivity index (χ3n) is 6.18. The third kappa shape index (κ3) is 5.32. The summed E-state index contributed by atoms with van der Waals surface area (Å²) in [5.74, 6) is 0.748. The van der Waals surface area contributed by atoms with Crippen molar-refractivity contribution in [2.24, 2.45) is 5.92 Å². The maximum atomic E-state index is 12.4. The van der Waals surface area contributed by atoms with Crippen LogP contribution >= 0.6 is 0 Å². The minimum atomic E-state index is 0.128. The molecule has 4 rings (SSSR count). The van der Waals surface area contributed by atoms with Gasteiger partial charge in [-0.2, -0.15) is 0 Å². The molecule has 1 aliphatic carbocycles. The van der Waals surface area contributed by atoms with Gasteiger partial charge in [-0.05, 0) is 31.2 Å². The second-order valence-electron chi connectivity index (χ2n) is 8.48. The largest absolute Gasteiger partial charge is 0.352 e. The summed E-state index contributed by atoms with van der Waals surface area (Å²) in [7, 11) is 0. The van der Waals surface area contributed by atoms with Crippen molar-refractivity contribution in [3.05, 3.63) is 35.9 Å². The summed E-state index contributed by atoms with van der Waals surface area (Å²) >= 11 is 0. The highest BCUT2D eigenvalue weighted by molar-refractivity contribution is 5.81. The Balaban J connectivity index is 1.13. The standard InChI is InChI=1S/C22H32N4O2/c27-21(17-25-12-14-26(15-13-25)22(28)19-6-7-19)23-20-8-10-24(11-9-20)16-18-4-2-1-3-5-18/h1-5,19-20H,6-17H2,(H,23,27). The molecule has 28 heavy (non-hydrogen) atoms. The van der Waals surface area contributed by atoms with E-state index in [1.165, 1.54) is 5.56 Å². The Morgan fingerprint density at radius 2 is 1.54 bits per heavy atom. The van der Waals surface area contributed by atoms with Gasteiger partial charge in [0.05, 0.1) is 6.54 Å². The number of nitrogens with zero attached hydrogens (tertiary/aromatic N) is 3. The van der Waals surface area contributed by atoms with Gasteiger partial charge >= 0.3 is 0 Å². The highest BCUT2D eigenvalue weighted by atomic mass is 16.2. The number of rotatable bonds is 6. The molecule has 2 heterocycles. The lowest BCUT2D eigenvalue weighted by atomic mass is 10.0. The molecule has 1 aromatic carbocycles. The van der Waals surface area contributed by atoms with Gasteiger partial charge in [0, 0.05) is 57.8 Å². The SMILES string of the molecule is O=C(CN1CCN(C(=O)C2CC2)CC1)NC1CCN(Cc2ccccc2)CC1. The molecule has 0 unspecified atom stereocenters. The van der Waals surface area contributed by atoms with Crippen molar-refractivity contribution in [1.29, 1.82) is 0 Å². The van der Waals surface area contributed by atoms with Crippen molar-refractivity contribution in [2.75, 3.05) is 45.8 Å². The van der Waals surface area contributed by atoms with E-state index < -0.39 is 0 Å². The van der Waals surface area contributed by atoms with Gasteiger partial charge in [-0.3, -0.25) is 19.4 Å². The summed E-state index contributed by atoms with van der Waals surface area (Å²) in [6, 6.07) is 10.9. The summed E-state index contributed by atoms with van der Waals surface area (Å²) < 4.78 is 0. The minimum Gasteiger partial charge on any atom is -0.352 e. The molecule has 2 amide bonds.